The number of amides is 1. The van der Waals surface area contributed by atoms with Gasteiger partial charge in [0.2, 0.25) is 0 Å². The third kappa shape index (κ3) is 3.79. The lowest BCUT2D eigenvalue weighted by Gasteiger charge is -2.04. The number of ketones is 1. The van der Waals surface area contributed by atoms with Crippen molar-refractivity contribution in [3.63, 3.8) is 0 Å². The third-order valence-corrected chi connectivity index (χ3v) is 4.94. The van der Waals surface area contributed by atoms with Crippen LogP contribution in [0.4, 0.5) is 4.39 Å². The Morgan fingerprint density at radius 3 is 2.50 bits per heavy atom. The molecule has 7 heteroatoms. The van der Waals surface area contributed by atoms with Gasteiger partial charge in [-0.05, 0) is 37.3 Å². The average Bonchev–Trinajstić information content (AvgIpc) is 2.95. The first kappa shape index (κ1) is 18.2. The van der Waals surface area contributed by atoms with Crippen molar-refractivity contribution in [2.24, 2.45) is 4.99 Å². The Labute approximate surface area is 153 Å². The van der Waals surface area contributed by atoms with Crippen molar-refractivity contribution in [1.29, 1.82) is 0 Å². The van der Waals surface area contributed by atoms with Crippen LogP contribution in [0.2, 0.25) is 0 Å². The van der Waals surface area contributed by atoms with Gasteiger partial charge in [-0.2, -0.15) is 4.99 Å². The van der Waals surface area contributed by atoms with Crippen LogP contribution in [0.5, 0.6) is 0 Å². The number of carbonyl (C=O) groups is 2. The summed E-state index contributed by atoms with van der Waals surface area (Å²) in [4.78, 5) is 28.5. The van der Waals surface area contributed by atoms with E-state index >= 15 is 0 Å². The van der Waals surface area contributed by atoms with E-state index in [2.05, 4.69) is 4.99 Å². The van der Waals surface area contributed by atoms with Gasteiger partial charge in [-0.1, -0.05) is 23.5 Å². The van der Waals surface area contributed by atoms with Gasteiger partial charge in [0, 0.05) is 24.8 Å². The molecule has 0 atom stereocenters. The molecule has 0 aliphatic carbocycles. The molecule has 26 heavy (non-hydrogen) atoms. The smallest absolute Gasteiger partial charge is 0.279 e. The normalized spacial score (nSPS) is 11.9. The molecule has 1 aromatic heterocycles. The highest BCUT2D eigenvalue weighted by Gasteiger charge is 2.10. The number of fused-ring (bicyclic) bond motifs is 1. The van der Waals surface area contributed by atoms with Gasteiger partial charge >= 0.3 is 0 Å². The summed E-state index contributed by atoms with van der Waals surface area (Å²) in [7, 11) is 1.59. The summed E-state index contributed by atoms with van der Waals surface area (Å²) in [6, 6.07) is 10.8. The highest BCUT2D eigenvalue weighted by molar-refractivity contribution is 7.16. The number of ether oxygens (including phenoxy) is 1. The first-order chi connectivity index (χ1) is 12.5. The Bertz CT molecular complexity index is 1040. The standard InChI is InChI=1S/C19H17FN2O3S/c1-12(23)13-3-5-14(6-4-13)18(24)21-19-22(9-10-25-2)16-8-7-15(20)11-17(16)26-19/h3-8,11H,9-10H2,1-2H3. The number of Topliss-reactive ketones (excluding diaryl/α,β-unsaturated/α-hetero) is 1. The summed E-state index contributed by atoms with van der Waals surface area (Å²) in [6.07, 6.45) is 0. The van der Waals surface area contributed by atoms with Crippen LogP contribution in [-0.4, -0.2) is 30.0 Å². The minimum absolute atomic E-state index is 0.0649. The molecule has 0 radical (unpaired) electrons. The Hall–Kier alpha value is -2.64. The monoisotopic (exact) mass is 372 g/mol. The molecular weight excluding hydrogens is 355 g/mol. The van der Waals surface area contributed by atoms with Crippen LogP contribution >= 0.6 is 11.3 Å². The van der Waals surface area contributed by atoms with Crippen molar-refractivity contribution in [3.05, 3.63) is 64.2 Å². The average molecular weight is 372 g/mol. The summed E-state index contributed by atoms with van der Waals surface area (Å²) < 4.78 is 21.2. The van der Waals surface area contributed by atoms with Crippen LogP contribution < -0.4 is 4.80 Å². The molecule has 0 N–H and O–H groups in total. The van der Waals surface area contributed by atoms with Crippen molar-refractivity contribution in [3.8, 4) is 0 Å². The summed E-state index contributed by atoms with van der Waals surface area (Å²) in [5.41, 5.74) is 1.72. The fraction of sp³-hybridized carbons (Fsp3) is 0.211. The zero-order valence-electron chi connectivity index (χ0n) is 14.4. The van der Waals surface area contributed by atoms with E-state index in [-0.39, 0.29) is 11.6 Å². The molecule has 1 amide bonds. The van der Waals surface area contributed by atoms with Crippen molar-refractivity contribution in [1.82, 2.24) is 4.57 Å². The maximum absolute atomic E-state index is 13.5. The number of carbonyl (C=O) groups excluding carboxylic acids is 2. The minimum Gasteiger partial charge on any atom is -0.383 e. The van der Waals surface area contributed by atoms with Gasteiger partial charge in [-0.25, -0.2) is 4.39 Å². The number of aromatic nitrogens is 1. The Morgan fingerprint density at radius 2 is 1.85 bits per heavy atom. The van der Waals surface area contributed by atoms with Gasteiger partial charge in [0.1, 0.15) is 5.82 Å². The second-order valence-electron chi connectivity index (χ2n) is 5.69. The van der Waals surface area contributed by atoms with Gasteiger partial charge in [0.25, 0.3) is 5.91 Å². The molecule has 0 aliphatic heterocycles. The Morgan fingerprint density at radius 1 is 1.15 bits per heavy atom. The number of benzene rings is 2. The quantitative estimate of drug-likeness (QED) is 0.645. The zero-order chi connectivity index (χ0) is 18.7. The van der Waals surface area contributed by atoms with Gasteiger partial charge < -0.3 is 9.30 Å². The molecule has 5 nitrogen and oxygen atoms in total. The molecule has 2 aromatic carbocycles. The van der Waals surface area contributed by atoms with Crippen LogP contribution in [0, 0.1) is 5.82 Å². The van der Waals surface area contributed by atoms with Gasteiger partial charge in [0.15, 0.2) is 10.6 Å². The molecule has 1 heterocycles. The second kappa shape index (κ2) is 7.72. The second-order valence-corrected chi connectivity index (χ2v) is 6.70. The van der Waals surface area contributed by atoms with Crippen LogP contribution in [0.15, 0.2) is 47.5 Å². The van der Waals surface area contributed by atoms with E-state index in [1.165, 1.54) is 30.4 Å². The van der Waals surface area contributed by atoms with Crippen molar-refractivity contribution >= 4 is 33.2 Å². The third-order valence-electron chi connectivity index (χ3n) is 3.90. The lowest BCUT2D eigenvalue weighted by Crippen LogP contribution is -2.19. The van der Waals surface area contributed by atoms with E-state index in [0.717, 1.165) is 5.52 Å². The van der Waals surface area contributed by atoms with Gasteiger partial charge in [0.05, 0.1) is 16.8 Å². The first-order valence-corrected chi connectivity index (χ1v) is 8.79. The zero-order valence-corrected chi connectivity index (χ0v) is 15.2. The molecule has 134 valence electrons. The minimum atomic E-state index is -0.418. The molecule has 0 fully saturated rings. The van der Waals surface area contributed by atoms with Crippen LogP contribution in [0.3, 0.4) is 0 Å². The van der Waals surface area contributed by atoms with Crippen molar-refractivity contribution in [2.75, 3.05) is 13.7 Å². The number of hydrogen-bond donors (Lipinski definition) is 0. The SMILES string of the molecule is COCCn1c(=NC(=O)c2ccc(C(C)=O)cc2)sc2cc(F)ccc21. The molecule has 0 bridgehead atoms. The fourth-order valence-electron chi connectivity index (χ4n) is 2.53. The number of nitrogens with zero attached hydrogens (tertiary/aromatic N) is 2. The number of thiazole rings is 1. The van der Waals surface area contributed by atoms with Crippen LogP contribution in [0.25, 0.3) is 10.2 Å². The lowest BCUT2D eigenvalue weighted by atomic mass is 10.1. The van der Waals surface area contributed by atoms with Crippen LogP contribution in [-0.2, 0) is 11.3 Å². The largest absolute Gasteiger partial charge is 0.383 e. The molecule has 0 aliphatic rings. The predicted octanol–water partition coefficient (Wildman–Crippen LogP) is 3.43. The highest BCUT2D eigenvalue weighted by atomic mass is 32.1. The highest BCUT2D eigenvalue weighted by Crippen LogP contribution is 2.19. The van der Waals surface area contributed by atoms with Crippen molar-refractivity contribution < 1.29 is 18.7 Å². The number of halogens is 1. The van der Waals surface area contributed by atoms with E-state index < -0.39 is 5.91 Å². The number of hydrogen-bond acceptors (Lipinski definition) is 4. The summed E-state index contributed by atoms with van der Waals surface area (Å²) in [5.74, 6) is -0.821. The lowest BCUT2D eigenvalue weighted by molar-refractivity contribution is 0.0991. The summed E-state index contributed by atoms with van der Waals surface area (Å²) in [6.45, 7) is 2.41. The molecule has 3 aromatic rings. The first-order valence-electron chi connectivity index (χ1n) is 7.97. The van der Waals surface area contributed by atoms with Gasteiger partial charge in [-0.3, -0.25) is 9.59 Å². The molecule has 0 saturated heterocycles. The topological polar surface area (TPSA) is 60.7 Å². The summed E-state index contributed by atoms with van der Waals surface area (Å²) in [5, 5.41) is 0. The summed E-state index contributed by atoms with van der Waals surface area (Å²) >= 11 is 1.25. The Balaban J connectivity index is 2.04. The van der Waals surface area contributed by atoms with Gasteiger partial charge in [-0.15, -0.1) is 0 Å². The number of methoxy groups -OCH3 is 1. The predicted molar refractivity (Wildman–Crippen MR) is 98.0 cm³/mol. The van der Waals surface area contributed by atoms with Crippen molar-refractivity contribution in [2.45, 2.75) is 13.5 Å². The molecular formula is C19H17FN2O3S. The molecule has 3 rings (SSSR count). The van der Waals surface area contributed by atoms with E-state index in [4.69, 9.17) is 4.74 Å². The van der Waals surface area contributed by atoms with Crippen LogP contribution in [0.1, 0.15) is 27.6 Å². The maximum Gasteiger partial charge on any atom is 0.279 e. The molecule has 0 saturated carbocycles. The van der Waals surface area contributed by atoms with E-state index in [9.17, 15) is 14.0 Å². The van der Waals surface area contributed by atoms with E-state index in [1.54, 1.807) is 37.4 Å². The maximum atomic E-state index is 13.5. The Kier molecular flexibility index (Phi) is 5.39. The molecule has 0 unspecified atom stereocenters. The number of rotatable bonds is 5. The van der Waals surface area contributed by atoms with E-state index in [1.807, 2.05) is 4.57 Å². The fourth-order valence-corrected chi connectivity index (χ4v) is 3.61. The van der Waals surface area contributed by atoms with E-state index in [0.29, 0.717) is 33.8 Å². The molecule has 0 spiro atoms.